The van der Waals surface area contributed by atoms with E-state index in [1.807, 2.05) is 6.07 Å². The zero-order chi connectivity index (χ0) is 13.4. The molecular weight excluding hydrogens is 226 g/mol. The Hall–Kier alpha value is -1.06. The first-order chi connectivity index (χ1) is 8.63. The number of aryl methyl sites for hydroxylation is 1. The van der Waals surface area contributed by atoms with Gasteiger partial charge in [-0.2, -0.15) is 0 Å². The average Bonchev–Trinajstić information content (AvgIpc) is 2.31. The van der Waals surface area contributed by atoms with Gasteiger partial charge in [-0.25, -0.2) is 0 Å². The van der Waals surface area contributed by atoms with E-state index in [2.05, 4.69) is 32.9 Å². The Labute approximate surface area is 110 Å². The fraction of sp³-hybridized carbons (Fsp3) is 0.600. The van der Waals surface area contributed by atoms with Gasteiger partial charge in [0.05, 0.1) is 6.61 Å². The van der Waals surface area contributed by atoms with Crippen molar-refractivity contribution in [3.05, 3.63) is 29.3 Å². The molecule has 0 aliphatic rings. The summed E-state index contributed by atoms with van der Waals surface area (Å²) in [5, 5.41) is 0. The van der Waals surface area contributed by atoms with Crippen LogP contribution in [-0.2, 0) is 11.2 Å². The number of hydrogen-bond donors (Lipinski definition) is 1. The molecule has 0 heterocycles. The van der Waals surface area contributed by atoms with E-state index in [0.717, 1.165) is 18.8 Å². The summed E-state index contributed by atoms with van der Waals surface area (Å²) in [6.07, 6.45) is 0.851. The van der Waals surface area contributed by atoms with E-state index in [9.17, 15) is 0 Å². The van der Waals surface area contributed by atoms with Crippen LogP contribution in [-0.4, -0.2) is 26.4 Å². The number of hydrogen-bond acceptors (Lipinski definition) is 3. The third-order valence-corrected chi connectivity index (χ3v) is 2.57. The highest BCUT2D eigenvalue weighted by Gasteiger charge is 2.03. The largest absolute Gasteiger partial charge is 0.491 e. The summed E-state index contributed by atoms with van der Waals surface area (Å²) in [6, 6.07) is 6.21. The summed E-state index contributed by atoms with van der Waals surface area (Å²) < 4.78 is 11.2. The molecule has 3 nitrogen and oxygen atoms in total. The summed E-state index contributed by atoms with van der Waals surface area (Å²) in [4.78, 5) is 0. The molecule has 0 aliphatic carbocycles. The fourth-order valence-corrected chi connectivity index (χ4v) is 1.73. The van der Waals surface area contributed by atoms with E-state index < -0.39 is 0 Å². The molecule has 1 aromatic carbocycles. The van der Waals surface area contributed by atoms with Crippen LogP contribution in [0.4, 0.5) is 0 Å². The molecule has 1 aromatic rings. The van der Waals surface area contributed by atoms with E-state index in [4.69, 9.17) is 15.2 Å². The summed E-state index contributed by atoms with van der Waals surface area (Å²) in [5.41, 5.74) is 8.03. The Bertz CT molecular complexity index is 350. The van der Waals surface area contributed by atoms with Crippen LogP contribution in [0.15, 0.2) is 18.2 Å². The molecule has 0 unspecified atom stereocenters. The van der Waals surface area contributed by atoms with E-state index in [0.29, 0.717) is 25.7 Å². The standard InChI is InChI=1S/C15H25NO2/c1-12(2)11-17-8-9-18-15-5-4-13(3)10-14(15)6-7-16/h4-5,10,12H,6-9,11,16H2,1-3H3. The van der Waals surface area contributed by atoms with Crippen molar-refractivity contribution >= 4 is 0 Å². The van der Waals surface area contributed by atoms with Gasteiger partial charge in [0, 0.05) is 6.61 Å². The third-order valence-electron chi connectivity index (χ3n) is 2.57. The molecule has 1 rings (SSSR count). The minimum atomic E-state index is 0.567. The monoisotopic (exact) mass is 251 g/mol. The molecular formula is C15H25NO2. The first kappa shape index (κ1) is 15.0. The number of ether oxygens (including phenoxy) is 2. The summed E-state index contributed by atoms with van der Waals surface area (Å²) in [7, 11) is 0. The zero-order valence-electron chi connectivity index (χ0n) is 11.7. The Kier molecular flexibility index (Phi) is 6.76. The van der Waals surface area contributed by atoms with E-state index >= 15 is 0 Å². The van der Waals surface area contributed by atoms with Crippen molar-refractivity contribution in [2.24, 2.45) is 11.7 Å². The van der Waals surface area contributed by atoms with Gasteiger partial charge in [-0.1, -0.05) is 31.5 Å². The Morgan fingerprint density at radius 2 is 2.00 bits per heavy atom. The predicted octanol–water partition coefficient (Wildman–Crippen LogP) is 2.55. The second-order valence-corrected chi connectivity index (χ2v) is 4.97. The smallest absolute Gasteiger partial charge is 0.122 e. The topological polar surface area (TPSA) is 44.5 Å². The maximum atomic E-state index is 5.75. The maximum absolute atomic E-state index is 5.75. The molecule has 0 atom stereocenters. The van der Waals surface area contributed by atoms with E-state index in [1.165, 1.54) is 11.1 Å². The van der Waals surface area contributed by atoms with Gasteiger partial charge < -0.3 is 15.2 Å². The van der Waals surface area contributed by atoms with Crippen molar-refractivity contribution in [1.82, 2.24) is 0 Å². The van der Waals surface area contributed by atoms with Crippen molar-refractivity contribution in [2.75, 3.05) is 26.4 Å². The van der Waals surface area contributed by atoms with Gasteiger partial charge in [0.25, 0.3) is 0 Å². The highest BCUT2D eigenvalue weighted by atomic mass is 16.5. The van der Waals surface area contributed by atoms with Crippen molar-refractivity contribution in [3.8, 4) is 5.75 Å². The lowest BCUT2D eigenvalue weighted by Crippen LogP contribution is -2.12. The number of nitrogens with two attached hydrogens (primary N) is 1. The van der Waals surface area contributed by atoms with Crippen LogP contribution in [0.3, 0.4) is 0 Å². The highest BCUT2D eigenvalue weighted by molar-refractivity contribution is 5.37. The molecule has 0 aliphatic heterocycles. The maximum Gasteiger partial charge on any atom is 0.122 e. The van der Waals surface area contributed by atoms with Crippen LogP contribution in [0, 0.1) is 12.8 Å². The molecule has 102 valence electrons. The molecule has 0 saturated carbocycles. The fourth-order valence-electron chi connectivity index (χ4n) is 1.73. The van der Waals surface area contributed by atoms with Gasteiger partial charge in [-0.3, -0.25) is 0 Å². The number of rotatable bonds is 8. The van der Waals surface area contributed by atoms with Crippen molar-refractivity contribution in [3.63, 3.8) is 0 Å². The van der Waals surface area contributed by atoms with E-state index in [-0.39, 0.29) is 0 Å². The van der Waals surface area contributed by atoms with Gasteiger partial charge in [0.15, 0.2) is 0 Å². The SMILES string of the molecule is Cc1ccc(OCCOCC(C)C)c(CCN)c1. The number of benzene rings is 1. The van der Waals surface area contributed by atoms with Gasteiger partial charge >= 0.3 is 0 Å². The van der Waals surface area contributed by atoms with Crippen LogP contribution >= 0.6 is 0 Å². The van der Waals surface area contributed by atoms with Crippen LogP contribution in [0.5, 0.6) is 5.75 Å². The summed E-state index contributed by atoms with van der Waals surface area (Å²) >= 11 is 0. The molecule has 18 heavy (non-hydrogen) atoms. The van der Waals surface area contributed by atoms with E-state index in [1.54, 1.807) is 0 Å². The first-order valence-corrected chi connectivity index (χ1v) is 6.63. The van der Waals surface area contributed by atoms with Gasteiger partial charge in [0.1, 0.15) is 12.4 Å². The third kappa shape index (κ3) is 5.52. The second-order valence-electron chi connectivity index (χ2n) is 4.97. The van der Waals surface area contributed by atoms with Gasteiger partial charge in [-0.15, -0.1) is 0 Å². The average molecular weight is 251 g/mol. The molecule has 0 fully saturated rings. The molecule has 2 N–H and O–H groups in total. The molecule has 3 heteroatoms. The quantitative estimate of drug-likeness (QED) is 0.722. The van der Waals surface area contributed by atoms with Crippen molar-refractivity contribution < 1.29 is 9.47 Å². The van der Waals surface area contributed by atoms with Crippen LogP contribution in [0.1, 0.15) is 25.0 Å². The molecule has 0 aromatic heterocycles. The van der Waals surface area contributed by atoms with Crippen LogP contribution < -0.4 is 10.5 Å². The molecule has 0 saturated heterocycles. The zero-order valence-corrected chi connectivity index (χ0v) is 11.7. The highest BCUT2D eigenvalue weighted by Crippen LogP contribution is 2.20. The summed E-state index contributed by atoms with van der Waals surface area (Å²) in [6.45, 7) is 9.01. The molecule has 0 amide bonds. The lowest BCUT2D eigenvalue weighted by molar-refractivity contribution is 0.0816. The molecule has 0 radical (unpaired) electrons. The lowest BCUT2D eigenvalue weighted by atomic mass is 10.1. The minimum absolute atomic E-state index is 0.567. The van der Waals surface area contributed by atoms with Crippen molar-refractivity contribution in [2.45, 2.75) is 27.2 Å². The molecule has 0 spiro atoms. The van der Waals surface area contributed by atoms with Gasteiger partial charge in [-0.05, 0) is 37.4 Å². The van der Waals surface area contributed by atoms with Crippen LogP contribution in [0.2, 0.25) is 0 Å². The summed E-state index contributed by atoms with van der Waals surface area (Å²) in [5.74, 6) is 1.50. The normalized spacial score (nSPS) is 10.9. The first-order valence-electron chi connectivity index (χ1n) is 6.63. The van der Waals surface area contributed by atoms with Gasteiger partial charge in [0.2, 0.25) is 0 Å². The predicted molar refractivity (Wildman–Crippen MR) is 75.1 cm³/mol. The van der Waals surface area contributed by atoms with Crippen LogP contribution in [0.25, 0.3) is 0 Å². The molecule has 0 bridgehead atoms. The van der Waals surface area contributed by atoms with Crippen molar-refractivity contribution in [1.29, 1.82) is 0 Å². The second kappa shape index (κ2) is 8.11. The minimum Gasteiger partial charge on any atom is -0.491 e. The Morgan fingerprint density at radius 1 is 1.22 bits per heavy atom. The Balaban J connectivity index is 2.41. The lowest BCUT2D eigenvalue weighted by Gasteiger charge is -2.12. The Morgan fingerprint density at radius 3 is 2.67 bits per heavy atom.